The van der Waals surface area contributed by atoms with Crippen LogP contribution in [0.5, 0.6) is 34.5 Å². The van der Waals surface area contributed by atoms with Gasteiger partial charge in [0.1, 0.15) is 0 Å². The van der Waals surface area contributed by atoms with Gasteiger partial charge in [-0.05, 0) is 67.1 Å². The Kier molecular flexibility index (Phi) is 6.88. The standard InChI is InChI=1S/C21H23Br3O4/c1-4-7-10-13(22)14(23)15(24)21-18(10)27-19-11(8-5-2)16(25)17(26)12(9-6-3)20(19)28-21/h25-26H,4-9H2,1-3H3. The average Bonchev–Trinajstić information content (AvgIpc) is 2.69. The summed E-state index contributed by atoms with van der Waals surface area (Å²) in [5.41, 5.74) is 2.16. The van der Waals surface area contributed by atoms with Gasteiger partial charge in [0.15, 0.2) is 34.5 Å². The molecule has 0 aromatic heterocycles. The largest absolute Gasteiger partial charge is 0.504 e. The number of fused-ring (bicyclic) bond motifs is 2. The molecule has 1 heterocycles. The van der Waals surface area contributed by atoms with Crippen LogP contribution in [0.3, 0.4) is 0 Å². The number of benzene rings is 2. The van der Waals surface area contributed by atoms with Gasteiger partial charge in [-0.1, -0.05) is 40.0 Å². The van der Waals surface area contributed by atoms with Gasteiger partial charge in [-0.25, -0.2) is 0 Å². The van der Waals surface area contributed by atoms with Crippen molar-refractivity contribution in [2.75, 3.05) is 0 Å². The van der Waals surface area contributed by atoms with Crippen molar-refractivity contribution in [3.8, 4) is 34.5 Å². The van der Waals surface area contributed by atoms with E-state index in [1.54, 1.807) is 0 Å². The number of rotatable bonds is 6. The van der Waals surface area contributed by atoms with Crippen LogP contribution in [0.1, 0.15) is 56.7 Å². The van der Waals surface area contributed by atoms with E-state index in [0.29, 0.717) is 47.0 Å². The molecule has 0 atom stereocenters. The van der Waals surface area contributed by atoms with E-state index >= 15 is 0 Å². The van der Waals surface area contributed by atoms with Gasteiger partial charge in [-0.15, -0.1) is 0 Å². The molecule has 0 saturated heterocycles. The average molecular weight is 579 g/mol. The summed E-state index contributed by atoms with van der Waals surface area (Å²) in [7, 11) is 0. The lowest BCUT2D eigenvalue weighted by Crippen LogP contribution is -2.09. The molecule has 0 amide bonds. The van der Waals surface area contributed by atoms with Crippen LogP contribution in [-0.4, -0.2) is 10.2 Å². The quantitative estimate of drug-likeness (QED) is 0.229. The van der Waals surface area contributed by atoms with Crippen molar-refractivity contribution in [1.29, 1.82) is 0 Å². The van der Waals surface area contributed by atoms with Crippen LogP contribution in [0.2, 0.25) is 0 Å². The molecule has 0 saturated carbocycles. The Balaban J connectivity index is 2.31. The van der Waals surface area contributed by atoms with E-state index < -0.39 is 0 Å². The predicted octanol–water partition coefficient (Wildman–Crippen LogP) is 8.14. The summed E-state index contributed by atoms with van der Waals surface area (Å²) in [6, 6.07) is 0. The highest BCUT2D eigenvalue weighted by Gasteiger charge is 2.34. The first-order valence-electron chi connectivity index (χ1n) is 9.51. The highest BCUT2D eigenvalue weighted by atomic mass is 79.9. The molecule has 1 aliphatic heterocycles. The minimum absolute atomic E-state index is 0.108. The van der Waals surface area contributed by atoms with Crippen LogP contribution in [-0.2, 0) is 19.3 Å². The molecule has 3 rings (SSSR count). The maximum absolute atomic E-state index is 10.7. The molecule has 0 unspecified atom stereocenters. The van der Waals surface area contributed by atoms with Crippen LogP contribution in [0.4, 0.5) is 0 Å². The Bertz CT molecular complexity index is 925. The molecule has 2 aromatic rings. The van der Waals surface area contributed by atoms with Gasteiger partial charge in [0, 0.05) is 21.2 Å². The number of hydrogen-bond acceptors (Lipinski definition) is 4. The lowest BCUT2D eigenvalue weighted by Gasteiger charge is -2.29. The topological polar surface area (TPSA) is 58.9 Å². The first-order valence-corrected chi connectivity index (χ1v) is 11.9. The molecule has 0 aliphatic carbocycles. The van der Waals surface area contributed by atoms with E-state index in [9.17, 15) is 10.2 Å². The van der Waals surface area contributed by atoms with Crippen molar-refractivity contribution < 1.29 is 19.7 Å². The number of phenols is 2. The zero-order valence-electron chi connectivity index (χ0n) is 16.1. The second-order valence-corrected chi connectivity index (χ2v) is 9.22. The van der Waals surface area contributed by atoms with Crippen LogP contribution in [0, 0.1) is 0 Å². The zero-order chi connectivity index (χ0) is 20.6. The summed E-state index contributed by atoms with van der Waals surface area (Å²) < 4.78 is 15.3. The van der Waals surface area contributed by atoms with Crippen molar-refractivity contribution in [1.82, 2.24) is 0 Å². The summed E-state index contributed by atoms with van der Waals surface area (Å²) in [5.74, 6) is 2.00. The minimum Gasteiger partial charge on any atom is -0.504 e. The number of halogens is 3. The van der Waals surface area contributed by atoms with E-state index in [0.717, 1.165) is 44.7 Å². The van der Waals surface area contributed by atoms with Gasteiger partial charge in [0.2, 0.25) is 0 Å². The summed E-state index contributed by atoms with van der Waals surface area (Å²) in [4.78, 5) is 0. The monoisotopic (exact) mass is 576 g/mol. The normalized spacial score (nSPS) is 12.2. The Hall–Kier alpha value is -0.920. The van der Waals surface area contributed by atoms with Gasteiger partial charge >= 0.3 is 0 Å². The van der Waals surface area contributed by atoms with Crippen molar-refractivity contribution in [3.05, 3.63) is 30.1 Å². The lowest BCUT2D eigenvalue weighted by molar-refractivity contribution is 0.330. The number of hydrogen-bond donors (Lipinski definition) is 2. The smallest absolute Gasteiger partial charge is 0.185 e. The molecule has 0 spiro atoms. The van der Waals surface area contributed by atoms with E-state index in [4.69, 9.17) is 9.47 Å². The van der Waals surface area contributed by atoms with Crippen LogP contribution in [0.15, 0.2) is 13.4 Å². The van der Waals surface area contributed by atoms with E-state index in [-0.39, 0.29) is 11.5 Å². The van der Waals surface area contributed by atoms with Crippen molar-refractivity contribution in [2.24, 2.45) is 0 Å². The summed E-state index contributed by atoms with van der Waals surface area (Å²) >= 11 is 10.9. The molecular formula is C21H23Br3O4. The van der Waals surface area contributed by atoms with Crippen molar-refractivity contribution in [2.45, 2.75) is 59.3 Å². The number of ether oxygens (including phenoxy) is 2. The van der Waals surface area contributed by atoms with E-state index in [2.05, 4.69) is 54.7 Å². The molecule has 2 N–H and O–H groups in total. The molecule has 0 radical (unpaired) electrons. The van der Waals surface area contributed by atoms with Crippen LogP contribution < -0.4 is 9.47 Å². The first-order chi connectivity index (χ1) is 13.4. The molecule has 0 bridgehead atoms. The summed E-state index contributed by atoms with van der Waals surface area (Å²) in [6.45, 7) is 6.15. The van der Waals surface area contributed by atoms with Gasteiger partial charge in [-0.3, -0.25) is 0 Å². The number of phenolic OH excluding ortho intramolecular Hbond substituents is 2. The van der Waals surface area contributed by atoms with E-state index in [1.165, 1.54) is 0 Å². The fraction of sp³-hybridized carbons (Fsp3) is 0.429. The molecule has 2 aromatic carbocycles. The van der Waals surface area contributed by atoms with Crippen LogP contribution >= 0.6 is 47.8 Å². The SMILES string of the molecule is CCCc1c(Br)c(Br)c(Br)c2c1Oc1c(CCC)c(O)c(O)c(CCC)c1O2. The maximum Gasteiger partial charge on any atom is 0.185 e. The third-order valence-corrected chi connectivity index (χ3v) is 8.28. The maximum atomic E-state index is 10.7. The predicted molar refractivity (Wildman–Crippen MR) is 121 cm³/mol. The minimum atomic E-state index is -0.114. The Labute approximate surface area is 190 Å². The van der Waals surface area contributed by atoms with Crippen molar-refractivity contribution in [3.63, 3.8) is 0 Å². The molecular weight excluding hydrogens is 556 g/mol. The van der Waals surface area contributed by atoms with Gasteiger partial charge in [-0.2, -0.15) is 0 Å². The van der Waals surface area contributed by atoms with Crippen LogP contribution in [0.25, 0.3) is 0 Å². The molecule has 152 valence electrons. The second-order valence-electron chi connectivity index (χ2n) is 6.85. The Morgan fingerprint density at radius 1 is 0.571 bits per heavy atom. The zero-order valence-corrected chi connectivity index (χ0v) is 20.8. The molecule has 1 aliphatic rings. The molecule has 7 heteroatoms. The first kappa shape index (κ1) is 21.8. The van der Waals surface area contributed by atoms with Gasteiger partial charge in [0.05, 0.1) is 8.95 Å². The highest BCUT2D eigenvalue weighted by molar-refractivity contribution is 9.14. The highest BCUT2D eigenvalue weighted by Crippen LogP contribution is 2.60. The lowest BCUT2D eigenvalue weighted by atomic mass is 9.98. The molecule has 0 fully saturated rings. The van der Waals surface area contributed by atoms with Crippen molar-refractivity contribution >= 4 is 47.8 Å². The van der Waals surface area contributed by atoms with Gasteiger partial charge < -0.3 is 19.7 Å². The Morgan fingerprint density at radius 2 is 0.964 bits per heavy atom. The molecule has 28 heavy (non-hydrogen) atoms. The summed E-state index contributed by atoms with van der Waals surface area (Å²) in [5, 5.41) is 21.3. The van der Waals surface area contributed by atoms with E-state index in [1.807, 2.05) is 13.8 Å². The fourth-order valence-corrected chi connectivity index (χ4v) is 5.22. The third-order valence-electron chi connectivity index (χ3n) is 4.79. The molecule has 4 nitrogen and oxygen atoms in total. The third kappa shape index (κ3) is 3.54. The second kappa shape index (κ2) is 8.84. The number of aromatic hydroxyl groups is 2. The fourth-order valence-electron chi connectivity index (χ4n) is 3.50. The Morgan fingerprint density at radius 3 is 1.43 bits per heavy atom. The van der Waals surface area contributed by atoms with Gasteiger partial charge in [0.25, 0.3) is 0 Å². The summed E-state index contributed by atoms with van der Waals surface area (Å²) in [6.07, 6.45) is 4.51.